The minimum absolute atomic E-state index is 0.864. The van der Waals surface area contributed by atoms with Crippen LogP contribution < -0.4 is 5.32 Å². The quantitative estimate of drug-likeness (QED) is 0.490. The van der Waals surface area contributed by atoms with Crippen LogP contribution >= 0.6 is 11.8 Å². The first-order valence-corrected chi connectivity index (χ1v) is 7.09. The van der Waals surface area contributed by atoms with E-state index >= 15 is 0 Å². The number of aliphatic imine (C=N–C) groups is 1. The Balaban J connectivity index is 2.50. The Kier molecular flexibility index (Phi) is 5.97. The molecule has 0 unspecified atom stereocenters. The van der Waals surface area contributed by atoms with Gasteiger partial charge in [0, 0.05) is 45.3 Å². The molecule has 1 aromatic rings. The van der Waals surface area contributed by atoms with Gasteiger partial charge in [0.1, 0.15) is 0 Å². The highest BCUT2D eigenvalue weighted by atomic mass is 32.2. The lowest BCUT2D eigenvalue weighted by Gasteiger charge is -2.22. The first-order valence-electron chi connectivity index (χ1n) is 5.70. The van der Waals surface area contributed by atoms with Gasteiger partial charge in [-0.2, -0.15) is 11.8 Å². The van der Waals surface area contributed by atoms with Crippen LogP contribution in [0.3, 0.4) is 0 Å². The van der Waals surface area contributed by atoms with Crippen molar-refractivity contribution in [3.63, 3.8) is 0 Å². The van der Waals surface area contributed by atoms with Crippen molar-refractivity contribution in [3.8, 4) is 0 Å². The summed E-state index contributed by atoms with van der Waals surface area (Å²) in [6, 6.07) is 4.19. The highest BCUT2D eigenvalue weighted by molar-refractivity contribution is 7.98. The smallest absolute Gasteiger partial charge is 0.193 e. The normalized spacial score (nSPS) is 11.6. The molecule has 0 aliphatic carbocycles. The third-order valence-corrected chi connectivity index (χ3v) is 3.23. The van der Waals surface area contributed by atoms with Crippen molar-refractivity contribution in [2.24, 2.45) is 12.0 Å². The van der Waals surface area contributed by atoms with Crippen molar-refractivity contribution in [2.75, 3.05) is 32.6 Å². The maximum atomic E-state index is 4.28. The lowest BCUT2D eigenvalue weighted by Crippen LogP contribution is -2.39. The van der Waals surface area contributed by atoms with E-state index in [2.05, 4.69) is 58.5 Å². The summed E-state index contributed by atoms with van der Waals surface area (Å²) >= 11 is 1.83. The van der Waals surface area contributed by atoms with E-state index in [-0.39, 0.29) is 0 Å². The lowest BCUT2D eigenvalue weighted by molar-refractivity contribution is 0.464. The number of nitrogens with one attached hydrogen (secondary N) is 1. The van der Waals surface area contributed by atoms with Gasteiger partial charge in [0.25, 0.3) is 0 Å². The van der Waals surface area contributed by atoms with Gasteiger partial charge in [-0.25, -0.2) is 0 Å². The Morgan fingerprint density at radius 1 is 1.59 bits per heavy atom. The van der Waals surface area contributed by atoms with Crippen LogP contribution in [0.4, 0.5) is 0 Å². The van der Waals surface area contributed by atoms with Crippen molar-refractivity contribution >= 4 is 17.7 Å². The number of aryl methyl sites for hydroxylation is 1. The second-order valence-electron chi connectivity index (χ2n) is 3.93. The monoisotopic (exact) mass is 254 g/mol. The van der Waals surface area contributed by atoms with E-state index in [0.29, 0.717) is 0 Å². The van der Waals surface area contributed by atoms with Gasteiger partial charge in [-0.15, -0.1) is 0 Å². The zero-order valence-electron chi connectivity index (χ0n) is 11.1. The summed E-state index contributed by atoms with van der Waals surface area (Å²) in [6.07, 6.45) is 4.17. The summed E-state index contributed by atoms with van der Waals surface area (Å²) < 4.78 is 2.13. The van der Waals surface area contributed by atoms with Crippen LogP contribution in [0.1, 0.15) is 5.69 Å². The number of guanidine groups is 1. The van der Waals surface area contributed by atoms with E-state index in [1.807, 2.05) is 18.8 Å². The molecule has 0 saturated heterocycles. The van der Waals surface area contributed by atoms with Crippen molar-refractivity contribution in [3.05, 3.63) is 24.0 Å². The number of aromatic nitrogens is 1. The van der Waals surface area contributed by atoms with Crippen molar-refractivity contribution < 1.29 is 0 Å². The molecule has 0 aliphatic heterocycles. The van der Waals surface area contributed by atoms with Crippen LogP contribution in [0.15, 0.2) is 23.3 Å². The summed E-state index contributed by atoms with van der Waals surface area (Å²) in [4.78, 5) is 6.42. The molecule has 0 amide bonds. The zero-order valence-corrected chi connectivity index (χ0v) is 11.9. The molecule has 0 aromatic carbocycles. The van der Waals surface area contributed by atoms with Gasteiger partial charge in [-0.05, 0) is 18.4 Å². The first-order chi connectivity index (χ1) is 8.19. The Bertz CT molecular complexity index is 359. The second kappa shape index (κ2) is 7.27. The Morgan fingerprint density at radius 2 is 2.35 bits per heavy atom. The molecule has 4 nitrogen and oxygen atoms in total. The molecule has 1 rings (SSSR count). The SMILES string of the molecule is CN=C(NCCSC)N(C)Cc1cccn1C. The van der Waals surface area contributed by atoms with Crippen LogP contribution in [0, 0.1) is 0 Å². The van der Waals surface area contributed by atoms with Crippen molar-refractivity contribution in [2.45, 2.75) is 6.54 Å². The molecule has 1 N–H and O–H groups in total. The molecule has 0 fully saturated rings. The van der Waals surface area contributed by atoms with Crippen LogP contribution in [0.2, 0.25) is 0 Å². The molecular weight excluding hydrogens is 232 g/mol. The topological polar surface area (TPSA) is 32.6 Å². The third kappa shape index (κ3) is 4.34. The van der Waals surface area contributed by atoms with Crippen LogP contribution in [-0.4, -0.2) is 48.1 Å². The predicted molar refractivity (Wildman–Crippen MR) is 76.6 cm³/mol. The van der Waals surface area contributed by atoms with E-state index in [1.165, 1.54) is 5.69 Å². The van der Waals surface area contributed by atoms with Crippen LogP contribution in [-0.2, 0) is 13.6 Å². The molecular formula is C12H22N4S. The van der Waals surface area contributed by atoms with Gasteiger partial charge in [-0.3, -0.25) is 4.99 Å². The van der Waals surface area contributed by atoms with Gasteiger partial charge < -0.3 is 14.8 Å². The molecule has 0 atom stereocenters. The molecule has 0 radical (unpaired) electrons. The lowest BCUT2D eigenvalue weighted by atomic mass is 10.4. The third-order valence-electron chi connectivity index (χ3n) is 2.61. The Hall–Kier alpha value is -1.10. The number of hydrogen-bond acceptors (Lipinski definition) is 2. The average molecular weight is 254 g/mol. The molecule has 1 heterocycles. The van der Waals surface area contributed by atoms with Crippen molar-refractivity contribution in [1.82, 2.24) is 14.8 Å². The maximum Gasteiger partial charge on any atom is 0.193 e. The fourth-order valence-corrected chi connectivity index (χ4v) is 1.93. The van der Waals surface area contributed by atoms with Gasteiger partial charge in [0.15, 0.2) is 5.96 Å². The van der Waals surface area contributed by atoms with Gasteiger partial charge in [0.05, 0.1) is 6.54 Å². The standard InChI is InChI=1S/C12H22N4S/c1-13-12(14-7-9-17-4)16(3)10-11-6-5-8-15(11)2/h5-6,8H,7,9-10H2,1-4H3,(H,13,14). The maximum absolute atomic E-state index is 4.28. The minimum Gasteiger partial charge on any atom is -0.355 e. The Morgan fingerprint density at radius 3 is 2.88 bits per heavy atom. The molecule has 0 spiro atoms. The Labute approximate surface area is 108 Å². The van der Waals surface area contributed by atoms with Gasteiger partial charge in [0.2, 0.25) is 0 Å². The number of hydrogen-bond donors (Lipinski definition) is 1. The van der Waals surface area contributed by atoms with E-state index < -0.39 is 0 Å². The van der Waals surface area contributed by atoms with Crippen molar-refractivity contribution in [1.29, 1.82) is 0 Å². The predicted octanol–water partition coefficient (Wildman–Crippen LogP) is 1.40. The van der Waals surface area contributed by atoms with E-state index in [4.69, 9.17) is 0 Å². The molecule has 96 valence electrons. The summed E-state index contributed by atoms with van der Waals surface area (Å²) in [5.74, 6) is 2.04. The molecule has 5 heteroatoms. The highest BCUT2D eigenvalue weighted by Crippen LogP contribution is 2.03. The number of nitrogens with zero attached hydrogens (tertiary/aromatic N) is 3. The van der Waals surface area contributed by atoms with E-state index in [9.17, 15) is 0 Å². The van der Waals surface area contributed by atoms with Crippen LogP contribution in [0.25, 0.3) is 0 Å². The van der Waals surface area contributed by atoms with Gasteiger partial charge in [-0.1, -0.05) is 0 Å². The summed E-state index contributed by atoms with van der Waals surface area (Å²) in [6.45, 7) is 1.81. The van der Waals surface area contributed by atoms with E-state index in [0.717, 1.165) is 24.8 Å². The minimum atomic E-state index is 0.864. The zero-order chi connectivity index (χ0) is 12.7. The summed E-state index contributed by atoms with van der Waals surface area (Å²) in [7, 11) is 5.94. The van der Waals surface area contributed by atoms with Crippen LogP contribution in [0.5, 0.6) is 0 Å². The fraction of sp³-hybridized carbons (Fsp3) is 0.583. The first kappa shape index (κ1) is 14.0. The molecule has 1 aromatic heterocycles. The molecule has 0 bridgehead atoms. The molecule has 17 heavy (non-hydrogen) atoms. The molecule has 0 saturated carbocycles. The van der Waals surface area contributed by atoms with E-state index in [1.54, 1.807) is 0 Å². The highest BCUT2D eigenvalue weighted by Gasteiger charge is 2.07. The van der Waals surface area contributed by atoms with Gasteiger partial charge >= 0.3 is 0 Å². The summed E-state index contributed by atoms with van der Waals surface area (Å²) in [5, 5.41) is 3.35. The number of rotatable bonds is 5. The summed E-state index contributed by atoms with van der Waals surface area (Å²) in [5.41, 5.74) is 1.28. The second-order valence-corrected chi connectivity index (χ2v) is 4.92. The molecule has 0 aliphatic rings. The fourth-order valence-electron chi connectivity index (χ4n) is 1.63. The average Bonchev–Trinajstić information content (AvgIpc) is 2.70. The largest absolute Gasteiger partial charge is 0.355 e. The number of thioether (sulfide) groups is 1.